The molecular formula is C35H52BrN9O11. The van der Waals surface area contributed by atoms with Crippen LogP contribution in [0.1, 0.15) is 79.6 Å². The van der Waals surface area contributed by atoms with Gasteiger partial charge in [0, 0.05) is 10.0 Å². The summed E-state index contributed by atoms with van der Waals surface area (Å²) in [7, 11) is 0. The SMILES string of the molecule is CC(NC(=O)[C@H](C)NC(=O)c1ccc(Br)cc1)C(=O)NC(C)(C)C(=O)N[C@@H](C)C(=O)N[C@@H](C)C(=O)N[C@@H](C)C(=O)N[C@@H](C)C(=O)N[C@@H](C)C(=O)N[C@@H](C)C(=O)O. The van der Waals surface area contributed by atoms with Gasteiger partial charge in [-0.15, -0.1) is 0 Å². The number of benzene rings is 1. The second kappa shape index (κ2) is 21.5. The summed E-state index contributed by atoms with van der Waals surface area (Å²) in [6.45, 7) is 13.4. The first-order chi connectivity index (χ1) is 25.8. The molecule has 0 spiro atoms. The Balaban J connectivity index is 2.61. The fourth-order valence-corrected chi connectivity index (χ4v) is 4.55. The highest BCUT2D eigenvalue weighted by molar-refractivity contribution is 9.10. The van der Waals surface area contributed by atoms with Crippen molar-refractivity contribution in [3.05, 3.63) is 34.3 Å². The van der Waals surface area contributed by atoms with E-state index in [1.54, 1.807) is 24.3 Å². The molecule has 0 saturated heterocycles. The molecule has 0 heterocycles. The largest absolute Gasteiger partial charge is 0.480 e. The molecule has 10 N–H and O–H groups in total. The van der Waals surface area contributed by atoms with Gasteiger partial charge in [-0.1, -0.05) is 15.9 Å². The molecule has 56 heavy (non-hydrogen) atoms. The summed E-state index contributed by atoms with van der Waals surface area (Å²) in [5.74, 6) is -7.76. The number of hydrogen-bond acceptors (Lipinski definition) is 10. The maximum atomic E-state index is 13.0. The molecule has 0 fully saturated rings. The zero-order chi connectivity index (χ0) is 43.2. The van der Waals surface area contributed by atoms with Gasteiger partial charge in [-0.2, -0.15) is 0 Å². The van der Waals surface area contributed by atoms with Crippen molar-refractivity contribution in [2.45, 2.75) is 123 Å². The van der Waals surface area contributed by atoms with Gasteiger partial charge >= 0.3 is 5.97 Å². The van der Waals surface area contributed by atoms with E-state index in [0.29, 0.717) is 5.56 Å². The first-order valence-electron chi connectivity index (χ1n) is 17.5. The van der Waals surface area contributed by atoms with E-state index in [4.69, 9.17) is 5.11 Å². The van der Waals surface area contributed by atoms with E-state index in [-0.39, 0.29) is 0 Å². The summed E-state index contributed by atoms with van der Waals surface area (Å²) < 4.78 is 0.771. The van der Waals surface area contributed by atoms with Crippen molar-refractivity contribution in [3.63, 3.8) is 0 Å². The summed E-state index contributed by atoms with van der Waals surface area (Å²) in [5.41, 5.74) is -1.25. The molecule has 21 heteroatoms. The van der Waals surface area contributed by atoms with Crippen LogP contribution in [-0.4, -0.2) is 118 Å². The second-order valence-electron chi connectivity index (χ2n) is 13.7. The van der Waals surface area contributed by atoms with Gasteiger partial charge in [0.1, 0.15) is 53.9 Å². The predicted octanol–water partition coefficient (Wildman–Crippen LogP) is -1.92. The van der Waals surface area contributed by atoms with Crippen LogP contribution in [0, 0.1) is 0 Å². The standard InChI is InChI=1S/C35H52BrN9O11/c1-15(25(46)37-16(2)26(47)39-18(4)29(50)43-22(8)33(54)55)38-27(48)17(3)40-30(51)20(6)44-34(56)35(9,10)45-31(52)21(7)41-28(49)19(5)42-32(53)23-11-13-24(36)14-12-23/h11-22H,1-10H3,(H,37,46)(H,38,48)(H,39,47)(H,40,51)(H,41,49)(H,42,53)(H,43,50)(H,44,56)(H,45,52)(H,54,55)/t15-,16-,17-,18-,19-,20-,21?,22-/m0/s1. The summed E-state index contributed by atoms with van der Waals surface area (Å²) in [6, 6.07) is -2.68. The van der Waals surface area contributed by atoms with Crippen molar-refractivity contribution in [2.24, 2.45) is 0 Å². The lowest BCUT2D eigenvalue weighted by atomic mass is 10.0. The molecule has 1 rings (SSSR count). The van der Waals surface area contributed by atoms with Gasteiger partial charge in [0.05, 0.1) is 0 Å². The van der Waals surface area contributed by atoms with Gasteiger partial charge in [-0.05, 0) is 93.5 Å². The van der Waals surface area contributed by atoms with Crippen LogP contribution in [0.15, 0.2) is 28.7 Å². The predicted molar refractivity (Wildman–Crippen MR) is 204 cm³/mol. The third kappa shape index (κ3) is 15.6. The Morgan fingerprint density at radius 3 is 1.09 bits per heavy atom. The molecule has 0 bridgehead atoms. The third-order valence-corrected chi connectivity index (χ3v) is 8.61. The molecule has 1 unspecified atom stereocenters. The van der Waals surface area contributed by atoms with Crippen molar-refractivity contribution in [3.8, 4) is 0 Å². The van der Waals surface area contributed by atoms with Crippen molar-refractivity contribution in [2.75, 3.05) is 0 Å². The molecule has 0 radical (unpaired) electrons. The van der Waals surface area contributed by atoms with E-state index in [1.165, 1.54) is 69.2 Å². The van der Waals surface area contributed by atoms with Crippen LogP contribution in [-0.2, 0) is 43.2 Å². The van der Waals surface area contributed by atoms with Gasteiger partial charge in [0.15, 0.2) is 0 Å². The molecule has 20 nitrogen and oxygen atoms in total. The molecule has 8 atom stereocenters. The zero-order valence-corrected chi connectivity index (χ0v) is 34.4. The summed E-state index contributed by atoms with van der Waals surface area (Å²) in [5, 5.41) is 30.6. The summed E-state index contributed by atoms with van der Waals surface area (Å²) in [4.78, 5) is 125. The number of carboxylic acids is 1. The molecule has 9 amide bonds. The van der Waals surface area contributed by atoms with Crippen LogP contribution in [0.4, 0.5) is 0 Å². The Labute approximate surface area is 332 Å². The van der Waals surface area contributed by atoms with E-state index in [9.17, 15) is 47.9 Å². The lowest BCUT2D eigenvalue weighted by Crippen LogP contribution is -2.62. The minimum absolute atomic E-state index is 0.325. The Hall–Kier alpha value is -5.60. The molecular weight excluding hydrogens is 802 g/mol. The van der Waals surface area contributed by atoms with Crippen molar-refractivity contribution >= 4 is 75.1 Å². The number of nitrogens with one attached hydrogen (secondary N) is 9. The van der Waals surface area contributed by atoms with Crippen LogP contribution < -0.4 is 47.9 Å². The monoisotopic (exact) mass is 853 g/mol. The molecule has 1 aromatic rings. The molecule has 0 saturated carbocycles. The normalized spacial score (nSPS) is 15.3. The number of amides is 9. The number of hydrogen-bond donors (Lipinski definition) is 10. The minimum Gasteiger partial charge on any atom is -0.480 e. The Bertz CT molecular complexity index is 1670. The van der Waals surface area contributed by atoms with E-state index in [1.807, 2.05) is 0 Å². The number of halogens is 1. The van der Waals surface area contributed by atoms with Gasteiger partial charge in [-0.25, -0.2) is 0 Å². The van der Waals surface area contributed by atoms with E-state index in [0.717, 1.165) is 4.47 Å². The number of carboxylic acid groups (broad SMARTS) is 1. The maximum absolute atomic E-state index is 13.0. The quantitative estimate of drug-likeness (QED) is 0.0732. The molecule has 0 aliphatic heterocycles. The van der Waals surface area contributed by atoms with E-state index >= 15 is 0 Å². The summed E-state index contributed by atoms with van der Waals surface area (Å²) in [6.07, 6.45) is 0. The van der Waals surface area contributed by atoms with E-state index in [2.05, 4.69) is 63.8 Å². The zero-order valence-electron chi connectivity index (χ0n) is 32.8. The van der Waals surface area contributed by atoms with Crippen molar-refractivity contribution in [1.29, 1.82) is 0 Å². The second-order valence-corrected chi connectivity index (χ2v) is 14.6. The molecule has 1 aromatic carbocycles. The average Bonchev–Trinajstić information content (AvgIpc) is 3.10. The van der Waals surface area contributed by atoms with Crippen LogP contribution in [0.25, 0.3) is 0 Å². The maximum Gasteiger partial charge on any atom is 0.325 e. The molecule has 0 aromatic heterocycles. The minimum atomic E-state index is -1.57. The number of rotatable bonds is 19. The average molecular weight is 855 g/mol. The number of carbonyl (C=O) groups is 10. The third-order valence-electron chi connectivity index (χ3n) is 8.08. The van der Waals surface area contributed by atoms with Crippen molar-refractivity contribution < 1.29 is 53.1 Å². The van der Waals surface area contributed by atoms with Crippen LogP contribution in [0.5, 0.6) is 0 Å². The highest BCUT2D eigenvalue weighted by atomic mass is 79.9. The lowest BCUT2D eigenvalue weighted by molar-refractivity contribution is -0.141. The lowest BCUT2D eigenvalue weighted by Gasteiger charge is -2.29. The van der Waals surface area contributed by atoms with Crippen LogP contribution in [0.2, 0.25) is 0 Å². The van der Waals surface area contributed by atoms with Gasteiger partial charge in [0.25, 0.3) is 5.91 Å². The fraction of sp³-hybridized carbons (Fsp3) is 0.543. The topological polar surface area (TPSA) is 299 Å². The Kier molecular flexibility index (Phi) is 18.6. The van der Waals surface area contributed by atoms with Crippen LogP contribution in [0.3, 0.4) is 0 Å². The smallest absolute Gasteiger partial charge is 0.325 e. The highest BCUT2D eigenvalue weighted by Crippen LogP contribution is 2.11. The molecule has 0 aliphatic carbocycles. The fourth-order valence-electron chi connectivity index (χ4n) is 4.28. The Morgan fingerprint density at radius 1 is 0.464 bits per heavy atom. The summed E-state index contributed by atoms with van der Waals surface area (Å²) >= 11 is 3.28. The van der Waals surface area contributed by atoms with Gasteiger partial charge in [0.2, 0.25) is 47.3 Å². The molecule has 0 aliphatic rings. The van der Waals surface area contributed by atoms with Crippen molar-refractivity contribution in [1.82, 2.24) is 47.9 Å². The van der Waals surface area contributed by atoms with Gasteiger partial charge < -0.3 is 53.0 Å². The Morgan fingerprint density at radius 2 is 0.750 bits per heavy atom. The van der Waals surface area contributed by atoms with E-state index < -0.39 is 113 Å². The number of carbonyl (C=O) groups excluding carboxylic acids is 9. The van der Waals surface area contributed by atoms with Crippen LogP contribution >= 0.6 is 15.9 Å². The number of aliphatic carboxylic acids is 1. The first kappa shape index (κ1) is 48.4. The highest BCUT2D eigenvalue weighted by Gasteiger charge is 2.34. The molecule has 310 valence electrons. The van der Waals surface area contributed by atoms with Gasteiger partial charge in [-0.3, -0.25) is 47.9 Å². The first-order valence-corrected chi connectivity index (χ1v) is 18.3.